The zero-order valence-electron chi connectivity index (χ0n) is 12.8. The lowest BCUT2D eigenvalue weighted by atomic mass is 10.1. The minimum absolute atomic E-state index is 0.0252. The van der Waals surface area contributed by atoms with Crippen LogP contribution in [0.2, 0.25) is 0 Å². The fourth-order valence-electron chi connectivity index (χ4n) is 2.27. The second-order valence-electron chi connectivity index (χ2n) is 6.33. The Labute approximate surface area is 121 Å². The molecule has 0 unspecified atom stereocenters. The molecule has 0 aromatic rings. The van der Waals surface area contributed by atoms with E-state index in [-0.39, 0.29) is 18.0 Å². The molecule has 1 aliphatic rings. The Morgan fingerprint density at radius 3 is 2.45 bits per heavy atom. The van der Waals surface area contributed by atoms with Crippen molar-refractivity contribution in [2.24, 2.45) is 0 Å². The Hall–Kier alpha value is -1.14. The Kier molecular flexibility index (Phi) is 6.42. The summed E-state index contributed by atoms with van der Waals surface area (Å²) < 4.78 is 0. The van der Waals surface area contributed by atoms with Crippen molar-refractivity contribution in [2.45, 2.75) is 39.2 Å². The van der Waals surface area contributed by atoms with E-state index >= 15 is 0 Å². The first-order valence-electron chi connectivity index (χ1n) is 7.25. The maximum absolute atomic E-state index is 12.1. The number of nitrogens with one attached hydrogen (secondary N) is 1. The Morgan fingerprint density at radius 1 is 1.15 bits per heavy atom. The van der Waals surface area contributed by atoms with Crippen molar-refractivity contribution >= 4 is 11.9 Å². The molecule has 0 atom stereocenters. The lowest BCUT2D eigenvalue weighted by Gasteiger charge is -2.23. The van der Waals surface area contributed by atoms with E-state index in [0.29, 0.717) is 26.1 Å². The molecule has 0 aliphatic carbocycles. The van der Waals surface area contributed by atoms with Gasteiger partial charge >= 0.3 is 5.97 Å². The van der Waals surface area contributed by atoms with Gasteiger partial charge in [0, 0.05) is 44.7 Å². The molecule has 1 aliphatic heterocycles. The van der Waals surface area contributed by atoms with Gasteiger partial charge in [0.1, 0.15) is 0 Å². The van der Waals surface area contributed by atoms with E-state index in [0.717, 1.165) is 19.5 Å². The third-order valence-corrected chi connectivity index (χ3v) is 3.29. The van der Waals surface area contributed by atoms with Gasteiger partial charge < -0.3 is 15.3 Å². The van der Waals surface area contributed by atoms with Crippen LogP contribution in [0.3, 0.4) is 0 Å². The number of amides is 1. The normalized spacial score (nSPS) is 17.9. The molecule has 0 aromatic heterocycles. The molecule has 0 saturated carbocycles. The first kappa shape index (κ1) is 16.9. The molecule has 2 N–H and O–H groups in total. The van der Waals surface area contributed by atoms with Gasteiger partial charge in [-0.05, 0) is 27.2 Å². The molecule has 6 heteroatoms. The molecule has 0 bridgehead atoms. The summed E-state index contributed by atoms with van der Waals surface area (Å²) in [4.78, 5) is 26.6. The molecule has 1 amide bonds. The average molecular weight is 285 g/mol. The van der Waals surface area contributed by atoms with Crippen molar-refractivity contribution in [1.29, 1.82) is 0 Å². The van der Waals surface area contributed by atoms with Crippen LogP contribution in [0.15, 0.2) is 0 Å². The van der Waals surface area contributed by atoms with Crippen LogP contribution in [0.1, 0.15) is 33.6 Å². The number of nitrogens with zero attached hydrogens (tertiary/aromatic N) is 2. The van der Waals surface area contributed by atoms with Gasteiger partial charge in [-0.25, -0.2) is 0 Å². The van der Waals surface area contributed by atoms with Crippen molar-refractivity contribution < 1.29 is 14.7 Å². The molecule has 116 valence electrons. The molecular weight excluding hydrogens is 258 g/mol. The second kappa shape index (κ2) is 7.59. The molecule has 20 heavy (non-hydrogen) atoms. The van der Waals surface area contributed by atoms with Gasteiger partial charge in [-0.3, -0.25) is 14.5 Å². The van der Waals surface area contributed by atoms with Crippen LogP contribution in [-0.2, 0) is 9.59 Å². The summed E-state index contributed by atoms with van der Waals surface area (Å²) in [5.41, 5.74) is 0.0252. The fourth-order valence-corrected chi connectivity index (χ4v) is 2.27. The van der Waals surface area contributed by atoms with Gasteiger partial charge in [-0.2, -0.15) is 0 Å². The summed E-state index contributed by atoms with van der Waals surface area (Å²) in [6, 6.07) is 0. The zero-order chi connectivity index (χ0) is 15.2. The van der Waals surface area contributed by atoms with E-state index in [9.17, 15) is 9.59 Å². The standard InChI is InChI=1S/C14H27N3O3/c1-14(2,3)15-6-5-12(18)17-8-4-7-16(9-10-17)11-13(19)20/h15H,4-11H2,1-3H3,(H,19,20). The Bertz CT molecular complexity index is 339. The summed E-state index contributed by atoms with van der Waals surface area (Å²) in [6.45, 7) is 9.71. The smallest absolute Gasteiger partial charge is 0.317 e. The number of rotatable bonds is 5. The highest BCUT2D eigenvalue weighted by molar-refractivity contribution is 5.76. The van der Waals surface area contributed by atoms with Crippen molar-refractivity contribution in [3.05, 3.63) is 0 Å². The Balaban J connectivity index is 2.33. The van der Waals surface area contributed by atoms with Crippen LogP contribution >= 0.6 is 0 Å². The molecule has 1 saturated heterocycles. The van der Waals surface area contributed by atoms with Crippen LogP contribution in [0.5, 0.6) is 0 Å². The van der Waals surface area contributed by atoms with Crippen LogP contribution in [-0.4, -0.2) is 71.6 Å². The molecule has 6 nitrogen and oxygen atoms in total. The Morgan fingerprint density at radius 2 is 1.85 bits per heavy atom. The molecule has 1 rings (SSSR count). The predicted octanol–water partition coefficient (Wildman–Crippen LogP) is 0.384. The monoisotopic (exact) mass is 285 g/mol. The third-order valence-electron chi connectivity index (χ3n) is 3.29. The lowest BCUT2D eigenvalue weighted by Crippen LogP contribution is -2.40. The van der Waals surface area contributed by atoms with Crippen molar-refractivity contribution in [3.63, 3.8) is 0 Å². The second-order valence-corrected chi connectivity index (χ2v) is 6.33. The molecule has 0 aromatic carbocycles. The highest BCUT2D eigenvalue weighted by Gasteiger charge is 2.20. The highest BCUT2D eigenvalue weighted by atomic mass is 16.4. The number of carbonyl (C=O) groups is 2. The summed E-state index contributed by atoms with van der Waals surface area (Å²) in [5.74, 6) is -0.655. The molecule has 0 spiro atoms. The largest absolute Gasteiger partial charge is 0.480 e. The third kappa shape index (κ3) is 6.86. The first-order chi connectivity index (χ1) is 9.28. The van der Waals surface area contributed by atoms with Gasteiger partial charge in [-0.15, -0.1) is 0 Å². The van der Waals surface area contributed by atoms with Gasteiger partial charge in [-0.1, -0.05) is 0 Å². The van der Waals surface area contributed by atoms with Crippen LogP contribution in [0.25, 0.3) is 0 Å². The number of carboxylic acid groups (broad SMARTS) is 1. The maximum atomic E-state index is 12.1. The summed E-state index contributed by atoms with van der Waals surface area (Å²) >= 11 is 0. The van der Waals surface area contributed by atoms with E-state index < -0.39 is 5.97 Å². The van der Waals surface area contributed by atoms with Crippen molar-refractivity contribution in [2.75, 3.05) is 39.3 Å². The minimum atomic E-state index is -0.806. The molecular formula is C14H27N3O3. The number of aliphatic carboxylic acids is 1. The van der Waals surface area contributed by atoms with E-state index in [2.05, 4.69) is 26.1 Å². The van der Waals surface area contributed by atoms with Crippen LogP contribution < -0.4 is 5.32 Å². The summed E-state index contributed by atoms with van der Waals surface area (Å²) in [6.07, 6.45) is 1.34. The van der Waals surface area contributed by atoms with E-state index in [4.69, 9.17) is 5.11 Å². The fraction of sp³-hybridized carbons (Fsp3) is 0.857. The number of carboxylic acids is 1. The van der Waals surface area contributed by atoms with Gasteiger partial charge in [0.25, 0.3) is 0 Å². The first-order valence-corrected chi connectivity index (χ1v) is 7.25. The van der Waals surface area contributed by atoms with Crippen molar-refractivity contribution in [1.82, 2.24) is 15.1 Å². The van der Waals surface area contributed by atoms with Crippen LogP contribution in [0.4, 0.5) is 0 Å². The zero-order valence-corrected chi connectivity index (χ0v) is 12.8. The van der Waals surface area contributed by atoms with E-state index in [1.165, 1.54) is 0 Å². The average Bonchev–Trinajstić information content (AvgIpc) is 2.52. The van der Waals surface area contributed by atoms with E-state index in [1.807, 2.05) is 9.80 Å². The predicted molar refractivity (Wildman–Crippen MR) is 77.6 cm³/mol. The maximum Gasteiger partial charge on any atom is 0.317 e. The quantitative estimate of drug-likeness (QED) is 0.764. The number of hydrogen-bond donors (Lipinski definition) is 2. The number of hydrogen-bond acceptors (Lipinski definition) is 4. The van der Waals surface area contributed by atoms with Crippen LogP contribution in [0, 0.1) is 0 Å². The molecule has 1 heterocycles. The van der Waals surface area contributed by atoms with Gasteiger partial charge in [0.05, 0.1) is 6.54 Å². The van der Waals surface area contributed by atoms with Crippen molar-refractivity contribution in [3.8, 4) is 0 Å². The molecule has 1 fully saturated rings. The van der Waals surface area contributed by atoms with Gasteiger partial charge in [0.2, 0.25) is 5.91 Å². The lowest BCUT2D eigenvalue weighted by molar-refractivity contribution is -0.138. The van der Waals surface area contributed by atoms with E-state index in [1.54, 1.807) is 0 Å². The highest BCUT2D eigenvalue weighted by Crippen LogP contribution is 2.05. The summed E-state index contributed by atoms with van der Waals surface area (Å²) in [7, 11) is 0. The minimum Gasteiger partial charge on any atom is -0.480 e. The SMILES string of the molecule is CC(C)(C)NCCC(=O)N1CCCN(CC(=O)O)CC1. The number of carbonyl (C=O) groups excluding carboxylic acids is 1. The molecule has 0 radical (unpaired) electrons. The van der Waals surface area contributed by atoms with Gasteiger partial charge in [0.15, 0.2) is 0 Å². The topological polar surface area (TPSA) is 72.9 Å². The summed E-state index contributed by atoms with van der Waals surface area (Å²) in [5, 5.41) is 12.1.